The highest BCUT2D eigenvalue weighted by molar-refractivity contribution is 5.86. The van der Waals surface area contributed by atoms with Crippen LogP contribution in [0.15, 0.2) is 30.5 Å². The number of pyridine rings is 1. The number of rotatable bonds is 3. The summed E-state index contributed by atoms with van der Waals surface area (Å²) in [5.41, 5.74) is 2.37. The molecular weight excluding hydrogens is 317 g/mol. The predicted octanol–water partition coefficient (Wildman–Crippen LogP) is 5.10. The van der Waals surface area contributed by atoms with Gasteiger partial charge in [-0.2, -0.15) is 4.39 Å². The number of halogens is 3. The fourth-order valence-corrected chi connectivity index (χ4v) is 2.43. The Hall–Kier alpha value is -2.76. The van der Waals surface area contributed by atoms with E-state index in [9.17, 15) is 13.2 Å². The Labute approximate surface area is 137 Å². The lowest BCUT2D eigenvalue weighted by atomic mass is 10.1. The number of nitrogens with zero attached hydrogens (tertiary/aromatic N) is 1. The Morgan fingerprint density at radius 3 is 2.42 bits per heavy atom. The van der Waals surface area contributed by atoms with Crippen LogP contribution in [0, 0.1) is 31.3 Å². The molecule has 0 bridgehead atoms. The zero-order valence-electron chi connectivity index (χ0n) is 13.4. The van der Waals surface area contributed by atoms with Crippen LogP contribution in [0.5, 0.6) is 11.5 Å². The molecule has 0 saturated carbocycles. The van der Waals surface area contributed by atoms with E-state index in [0.29, 0.717) is 10.9 Å². The second kappa shape index (κ2) is 6.03. The van der Waals surface area contributed by atoms with Gasteiger partial charge < -0.3 is 10.1 Å². The molecule has 0 amide bonds. The molecule has 0 saturated heterocycles. The van der Waals surface area contributed by atoms with Gasteiger partial charge in [-0.3, -0.25) is 4.98 Å². The molecule has 1 N–H and O–H groups in total. The summed E-state index contributed by atoms with van der Waals surface area (Å²) in [7, 11) is 1.37. The van der Waals surface area contributed by atoms with E-state index in [2.05, 4.69) is 10.3 Å². The lowest BCUT2D eigenvalue weighted by molar-refractivity contribution is 0.390. The number of aryl methyl sites for hydroxylation is 2. The highest BCUT2D eigenvalue weighted by Gasteiger charge is 2.21. The van der Waals surface area contributed by atoms with E-state index in [1.165, 1.54) is 19.3 Å². The van der Waals surface area contributed by atoms with Crippen molar-refractivity contribution in [2.24, 2.45) is 0 Å². The molecule has 0 radical (unpaired) electrons. The van der Waals surface area contributed by atoms with Gasteiger partial charge in [0.05, 0.1) is 11.2 Å². The van der Waals surface area contributed by atoms with Crippen LogP contribution in [-0.4, -0.2) is 12.0 Å². The number of benzene rings is 2. The van der Waals surface area contributed by atoms with Gasteiger partial charge in [0, 0.05) is 24.7 Å². The largest absolute Gasteiger partial charge is 0.450 e. The maximum Gasteiger partial charge on any atom is 0.206 e. The molecule has 3 rings (SSSR count). The van der Waals surface area contributed by atoms with E-state index in [0.717, 1.165) is 17.2 Å². The van der Waals surface area contributed by atoms with E-state index in [4.69, 9.17) is 4.74 Å². The normalized spacial score (nSPS) is 10.9. The van der Waals surface area contributed by atoms with Gasteiger partial charge in [0.25, 0.3) is 0 Å². The van der Waals surface area contributed by atoms with Crippen LogP contribution in [0.3, 0.4) is 0 Å². The van der Waals surface area contributed by atoms with Gasteiger partial charge >= 0.3 is 0 Å². The molecule has 1 aromatic heterocycles. The van der Waals surface area contributed by atoms with Gasteiger partial charge in [-0.25, -0.2) is 8.78 Å². The summed E-state index contributed by atoms with van der Waals surface area (Å²) in [5, 5.41) is 2.99. The van der Waals surface area contributed by atoms with Crippen molar-refractivity contribution in [1.29, 1.82) is 0 Å². The van der Waals surface area contributed by atoms with Crippen molar-refractivity contribution in [1.82, 2.24) is 4.98 Å². The number of ether oxygens (including phenoxy) is 1. The summed E-state index contributed by atoms with van der Waals surface area (Å²) >= 11 is 0. The third-order valence-electron chi connectivity index (χ3n) is 3.91. The van der Waals surface area contributed by atoms with Crippen molar-refractivity contribution in [3.63, 3.8) is 0 Å². The Morgan fingerprint density at radius 2 is 1.71 bits per heavy atom. The molecule has 3 aromatic rings. The first-order chi connectivity index (χ1) is 11.4. The van der Waals surface area contributed by atoms with Gasteiger partial charge in [-0.1, -0.05) is 0 Å². The monoisotopic (exact) mass is 332 g/mol. The molecular formula is C18H15F3N2O. The highest BCUT2D eigenvalue weighted by atomic mass is 19.2. The smallest absolute Gasteiger partial charge is 0.206 e. The SMILES string of the molecule is CNc1cc(F)c(Oc2ccnc3cc(C)c(C)cc23)c(F)c1F. The summed E-state index contributed by atoms with van der Waals surface area (Å²) in [6.45, 7) is 3.85. The maximum absolute atomic E-state index is 14.1. The van der Waals surface area contributed by atoms with Gasteiger partial charge in [-0.05, 0) is 43.2 Å². The van der Waals surface area contributed by atoms with E-state index in [-0.39, 0.29) is 11.4 Å². The van der Waals surface area contributed by atoms with Gasteiger partial charge in [-0.15, -0.1) is 0 Å². The molecule has 3 nitrogen and oxygen atoms in total. The second-order valence-electron chi connectivity index (χ2n) is 5.48. The summed E-state index contributed by atoms with van der Waals surface area (Å²) in [4.78, 5) is 4.22. The Balaban J connectivity index is 2.14. The highest BCUT2D eigenvalue weighted by Crippen LogP contribution is 2.35. The van der Waals surface area contributed by atoms with Crippen molar-refractivity contribution in [3.8, 4) is 11.5 Å². The van der Waals surface area contributed by atoms with Gasteiger partial charge in [0.1, 0.15) is 5.75 Å². The molecule has 0 unspecified atom stereocenters. The van der Waals surface area contributed by atoms with Crippen LogP contribution in [0.2, 0.25) is 0 Å². The van der Waals surface area contributed by atoms with Crippen molar-refractivity contribution >= 4 is 16.6 Å². The predicted molar refractivity (Wildman–Crippen MR) is 87.2 cm³/mol. The molecule has 0 atom stereocenters. The Morgan fingerprint density at radius 1 is 1.00 bits per heavy atom. The molecule has 1 heterocycles. The summed E-state index contributed by atoms with van der Waals surface area (Å²) < 4.78 is 47.5. The van der Waals surface area contributed by atoms with E-state index < -0.39 is 23.2 Å². The molecule has 2 aromatic carbocycles. The maximum atomic E-state index is 14.1. The molecule has 0 fully saturated rings. The number of fused-ring (bicyclic) bond motifs is 1. The molecule has 124 valence electrons. The Kier molecular flexibility index (Phi) is 4.05. The lowest BCUT2D eigenvalue weighted by Gasteiger charge is -2.13. The van der Waals surface area contributed by atoms with Crippen LogP contribution in [0.1, 0.15) is 11.1 Å². The van der Waals surface area contributed by atoms with Crippen LogP contribution in [-0.2, 0) is 0 Å². The van der Waals surface area contributed by atoms with Crippen molar-refractivity contribution in [2.45, 2.75) is 13.8 Å². The number of nitrogens with one attached hydrogen (secondary N) is 1. The first-order valence-corrected chi connectivity index (χ1v) is 7.31. The molecule has 24 heavy (non-hydrogen) atoms. The summed E-state index contributed by atoms with van der Waals surface area (Å²) in [6, 6.07) is 6.02. The average molecular weight is 332 g/mol. The van der Waals surface area contributed by atoms with Gasteiger partial charge in [0.2, 0.25) is 11.6 Å². The minimum Gasteiger partial charge on any atom is -0.450 e. The summed E-state index contributed by atoms with van der Waals surface area (Å²) in [5.74, 6) is -4.14. The zero-order valence-corrected chi connectivity index (χ0v) is 13.4. The second-order valence-corrected chi connectivity index (χ2v) is 5.48. The third-order valence-corrected chi connectivity index (χ3v) is 3.91. The summed E-state index contributed by atoms with van der Waals surface area (Å²) in [6.07, 6.45) is 1.47. The third kappa shape index (κ3) is 2.64. The molecule has 6 heteroatoms. The van der Waals surface area contributed by atoms with E-state index in [1.807, 2.05) is 26.0 Å². The fraction of sp³-hybridized carbons (Fsp3) is 0.167. The molecule has 0 aliphatic rings. The lowest BCUT2D eigenvalue weighted by Crippen LogP contribution is -2.02. The minimum absolute atomic E-state index is 0.206. The number of aromatic nitrogens is 1. The van der Waals surface area contributed by atoms with Crippen molar-refractivity contribution < 1.29 is 17.9 Å². The van der Waals surface area contributed by atoms with Crippen molar-refractivity contribution in [3.05, 3.63) is 59.0 Å². The first-order valence-electron chi connectivity index (χ1n) is 7.31. The molecule has 0 aliphatic heterocycles. The number of hydrogen-bond acceptors (Lipinski definition) is 3. The number of hydrogen-bond donors (Lipinski definition) is 1. The topological polar surface area (TPSA) is 34.1 Å². The Bertz CT molecular complexity index is 941. The van der Waals surface area contributed by atoms with Crippen LogP contribution >= 0.6 is 0 Å². The average Bonchev–Trinajstić information content (AvgIpc) is 2.56. The molecule has 0 spiro atoms. The van der Waals surface area contributed by atoms with Crippen molar-refractivity contribution in [2.75, 3.05) is 12.4 Å². The fourth-order valence-electron chi connectivity index (χ4n) is 2.43. The van der Waals surface area contributed by atoms with Crippen LogP contribution in [0.4, 0.5) is 18.9 Å². The first kappa shape index (κ1) is 16.1. The quantitative estimate of drug-likeness (QED) is 0.677. The number of anilines is 1. The van der Waals surface area contributed by atoms with E-state index >= 15 is 0 Å². The van der Waals surface area contributed by atoms with Crippen LogP contribution in [0.25, 0.3) is 10.9 Å². The molecule has 0 aliphatic carbocycles. The van der Waals surface area contributed by atoms with Gasteiger partial charge in [0.15, 0.2) is 11.6 Å². The standard InChI is InChI=1S/C18H15F3N2O/c1-9-6-11-13(7-10(9)2)23-5-4-15(11)24-18-12(19)8-14(22-3)16(20)17(18)21/h4-8,22H,1-3H3. The van der Waals surface area contributed by atoms with Crippen LogP contribution < -0.4 is 10.1 Å². The minimum atomic E-state index is -1.38. The van der Waals surface area contributed by atoms with E-state index in [1.54, 1.807) is 0 Å². The zero-order chi connectivity index (χ0) is 17.4.